The van der Waals surface area contributed by atoms with E-state index in [0.29, 0.717) is 19.0 Å². The number of nitrogens with one attached hydrogen (secondary N) is 2. The third kappa shape index (κ3) is 3.72. The fourth-order valence-electron chi connectivity index (χ4n) is 2.93. The van der Waals surface area contributed by atoms with E-state index in [1.54, 1.807) is 13.1 Å². The molecule has 1 aliphatic rings. The summed E-state index contributed by atoms with van der Waals surface area (Å²) in [5.41, 5.74) is 2.65. The quantitative estimate of drug-likeness (QED) is 0.656. The van der Waals surface area contributed by atoms with Crippen molar-refractivity contribution in [2.45, 2.75) is 31.7 Å². The van der Waals surface area contributed by atoms with Crippen LogP contribution >= 0.6 is 0 Å². The van der Waals surface area contributed by atoms with E-state index in [-0.39, 0.29) is 11.2 Å². The molecule has 4 nitrogen and oxygen atoms in total. The summed E-state index contributed by atoms with van der Waals surface area (Å²) >= 11 is 0. The van der Waals surface area contributed by atoms with Crippen molar-refractivity contribution in [1.82, 2.24) is 15.6 Å². The Morgan fingerprint density at radius 2 is 1.96 bits per heavy atom. The van der Waals surface area contributed by atoms with Crippen molar-refractivity contribution >= 4 is 5.96 Å². The normalized spacial score (nSPS) is 15.9. The first-order valence-corrected chi connectivity index (χ1v) is 8.25. The maximum absolute atomic E-state index is 14.1. The molecular formula is C19H23FN4. The Bertz CT molecular complexity index is 738. The largest absolute Gasteiger partial charge is 0.356 e. The maximum atomic E-state index is 14.1. The van der Waals surface area contributed by atoms with Crippen molar-refractivity contribution in [3.05, 3.63) is 65.2 Å². The molecule has 3 rings (SSSR count). The van der Waals surface area contributed by atoms with Crippen molar-refractivity contribution < 1.29 is 4.39 Å². The molecule has 0 atom stereocenters. The topological polar surface area (TPSA) is 49.3 Å². The van der Waals surface area contributed by atoms with Crippen molar-refractivity contribution in [2.24, 2.45) is 4.99 Å². The standard InChI is InChI=1S/C19H23FN4/c1-14-6-5-7-15(24-14)12-22-18(21-2)23-13-19(10-11-19)16-8-3-4-9-17(16)20/h3-9H,10-13H2,1-2H3,(H2,21,22,23). The number of guanidine groups is 1. The molecule has 0 bridgehead atoms. The van der Waals surface area contributed by atoms with Gasteiger partial charge in [0.1, 0.15) is 5.82 Å². The predicted octanol–water partition coefficient (Wildman–Crippen LogP) is 2.93. The predicted molar refractivity (Wildman–Crippen MR) is 94.5 cm³/mol. The average Bonchev–Trinajstić information content (AvgIpc) is 3.36. The Kier molecular flexibility index (Phi) is 4.79. The van der Waals surface area contributed by atoms with Crippen LogP contribution in [0.5, 0.6) is 0 Å². The van der Waals surface area contributed by atoms with Gasteiger partial charge < -0.3 is 10.6 Å². The molecule has 1 aromatic carbocycles. The molecule has 0 unspecified atom stereocenters. The van der Waals surface area contributed by atoms with E-state index in [1.165, 1.54) is 6.07 Å². The van der Waals surface area contributed by atoms with E-state index in [4.69, 9.17) is 0 Å². The number of aliphatic imine (C=N–C) groups is 1. The summed E-state index contributed by atoms with van der Waals surface area (Å²) in [5.74, 6) is 0.588. The van der Waals surface area contributed by atoms with E-state index in [2.05, 4.69) is 20.6 Å². The highest BCUT2D eigenvalue weighted by Gasteiger charge is 2.45. The maximum Gasteiger partial charge on any atom is 0.191 e. The van der Waals surface area contributed by atoms with Crippen LogP contribution in [-0.4, -0.2) is 24.5 Å². The highest BCUT2D eigenvalue weighted by Crippen LogP contribution is 2.48. The number of hydrogen-bond donors (Lipinski definition) is 2. The number of aryl methyl sites for hydroxylation is 1. The summed E-state index contributed by atoms with van der Waals surface area (Å²) in [6, 6.07) is 13.0. The van der Waals surface area contributed by atoms with Gasteiger partial charge in [-0.2, -0.15) is 0 Å². The van der Waals surface area contributed by atoms with Crippen molar-refractivity contribution in [3.8, 4) is 0 Å². The van der Waals surface area contributed by atoms with Crippen LogP contribution in [0.15, 0.2) is 47.5 Å². The summed E-state index contributed by atoms with van der Waals surface area (Å²) in [6.45, 7) is 3.25. The summed E-state index contributed by atoms with van der Waals surface area (Å²) in [6.07, 6.45) is 1.99. The summed E-state index contributed by atoms with van der Waals surface area (Å²) < 4.78 is 14.1. The van der Waals surface area contributed by atoms with Crippen LogP contribution in [0.4, 0.5) is 4.39 Å². The molecule has 1 heterocycles. The van der Waals surface area contributed by atoms with Gasteiger partial charge >= 0.3 is 0 Å². The van der Waals surface area contributed by atoms with E-state index in [9.17, 15) is 4.39 Å². The second-order valence-corrected chi connectivity index (χ2v) is 6.31. The van der Waals surface area contributed by atoms with Gasteiger partial charge in [-0.15, -0.1) is 0 Å². The molecule has 0 spiro atoms. The molecule has 1 saturated carbocycles. The minimum atomic E-state index is -0.122. The Balaban J connectivity index is 1.58. The molecular weight excluding hydrogens is 303 g/mol. The highest BCUT2D eigenvalue weighted by atomic mass is 19.1. The monoisotopic (exact) mass is 326 g/mol. The van der Waals surface area contributed by atoms with Gasteiger partial charge in [-0.1, -0.05) is 24.3 Å². The van der Waals surface area contributed by atoms with Crippen LogP contribution in [-0.2, 0) is 12.0 Å². The molecule has 1 aliphatic carbocycles. The van der Waals surface area contributed by atoms with Crippen LogP contribution in [0.1, 0.15) is 29.8 Å². The number of aromatic nitrogens is 1. The molecule has 5 heteroatoms. The van der Waals surface area contributed by atoms with Gasteiger partial charge in [-0.25, -0.2) is 4.39 Å². The molecule has 0 amide bonds. The van der Waals surface area contributed by atoms with E-state index in [0.717, 1.165) is 29.8 Å². The molecule has 2 N–H and O–H groups in total. The Labute approximate surface area is 142 Å². The first-order valence-electron chi connectivity index (χ1n) is 8.25. The van der Waals surface area contributed by atoms with Crippen LogP contribution < -0.4 is 10.6 Å². The molecule has 24 heavy (non-hydrogen) atoms. The van der Waals surface area contributed by atoms with E-state index in [1.807, 2.05) is 37.3 Å². The molecule has 0 aliphatic heterocycles. The summed E-state index contributed by atoms with van der Waals surface area (Å²) in [4.78, 5) is 8.71. The van der Waals surface area contributed by atoms with Crippen molar-refractivity contribution in [1.29, 1.82) is 0 Å². The van der Waals surface area contributed by atoms with Gasteiger partial charge in [0, 0.05) is 24.7 Å². The Hall–Kier alpha value is -2.43. The van der Waals surface area contributed by atoms with Crippen molar-refractivity contribution in [2.75, 3.05) is 13.6 Å². The molecule has 0 radical (unpaired) electrons. The third-order valence-corrected chi connectivity index (χ3v) is 4.50. The molecule has 1 fully saturated rings. The Morgan fingerprint density at radius 3 is 2.62 bits per heavy atom. The lowest BCUT2D eigenvalue weighted by Gasteiger charge is -2.19. The second kappa shape index (κ2) is 6.99. The number of nitrogens with zero attached hydrogens (tertiary/aromatic N) is 2. The van der Waals surface area contributed by atoms with Crippen LogP contribution in [0, 0.1) is 12.7 Å². The van der Waals surface area contributed by atoms with E-state index >= 15 is 0 Å². The van der Waals surface area contributed by atoms with Gasteiger partial charge in [-0.05, 0) is 43.5 Å². The molecule has 2 aromatic rings. The number of benzene rings is 1. The minimum absolute atomic E-state index is 0.107. The van der Waals surface area contributed by atoms with Gasteiger partial charge in [-0.3, -0.25) is 9.98 Å². The zero-order valence-corrected chi connectivity index (χ0v) is 14.1. The minimum Gasteiger partial charge on any atom is -0.356 e. The molecule has 0 saturated heterocycles. The first-order chi connectivity index (χ1) is 11.6. The number of halogens is 1. The number of rotatable bonds is 5. The number of hydrogen-bond acceptors (Lipinski definition) is 2. The third-order valence-electron chi connectivity index (χ3n) is 4.50. The fourth-order valence-corrected chi connectivity index (χ4v) is 2.93. The van der Waals surface area contributed by atoms with Crippen LogP contribution in [0.3, 0.4) is 0 Å². The fraction of sp³-hybridized carbons (Fsp3) is 0.368. The lowest BCUT2D eigenvalue weighted by atomic mass is 9.95. The first kappa shape index (κ1) is 16.4. The summed E-state index contributed by atoms with van der Waals surface area (Å²) in [5, 5.41) is 6.59. The second-order valence-electron chi connectivity index (χ2n) is 6.31. The molecule has 126 valence electrons. The van der Waals surface area contributed by atoms with Crippen LogP contribution in [0.25, 0.3) is 0 Å². The van der Waals surface area contributed by atoms with Gasteiger partial charge in [0.25, 0.3) is 0 Å². The number of pyridine rings is 1. The smallest absolute Gasteiger partial charge is 0.191 e. The van der Waals surface area contributed by atoms with E-state index < -0.39 is 0 Å². The van der Waals surface area contributed by atoms with Gasteiger partial charge in [0.15, 0.2) is 5.96 Å². The molecule has 1 aromatic heterocycles. The zero-order chi connectivity index (χ0) is 17.0. The lowest BCUT2D eigenvalue weighted by molar-refractivity contribution is 0.559. The van der Waals surface area contributed by atoms with Crippen LogP contribution in [0.2, 0.25) is 0 Å². The highest BCUT2D eigenvalue weighted by molar-refractivity contribution is 5.79. The lowest BCUT2D eigenvalue weighted by Crippen LogP contribution is -2.41. The summed E-state index contributed by atoms with van der Waals surface area (Å²) in [7, 11) is 1.74. The zero-order valence-electron chi connectivity index (χ0n) is 14.1. The SMILES string of the molecule is CN=C(NCc1cccc(C)n1)NCC1(c2ccccc2F)CC1. The average molecular weight is 326 g/mol. The Morgan fingerprint density at radius 1 is 1.17 bits per heavy atom. The van der Waals surface area contributed by atoms with Gasteiger partial charge in [0.2, 0.25) is 0 Å². The van der Waals surface area contributed by atoms with Gasteiger partial charge in [0.05, 0.1) is 12.2 Å². The van der Waals surface area contributed by atoms with Crippen molar-refractivity contribution in [3.63, 3.8) is 0 Å².